The maximum absolute atomic E-state index is 12.8. The van der Waals surface area contributed by atoms with E-state index in [0.29, 0.717) is 27.3 Å². The van der Waals surface area contributed by atoms with Gasteiger partial charge in [-0.15, -0.1) is 11.3 Å². The van der Waals surface area contributed by atoms with E-state index in [0.717, 1.165) is 34.7 Å². The summed E-state index contributed by atoms with van der Waals surface area (Å²) in [6.07, 6.45) is 1.62. The third-order valence-electron chi connectivity index (χ3n) is 4.86. The number of benzene rings is 1. The second-order valence-electron chi connectivity index (χ2n) is 7.32. The topological polar surface area (TPSA) is 96.1 Å². The van der Waals surface area contributed by atoms with E-state index >= 15 is 0 Å². The number of carbonyl (C=O) groups is 2. The molecule has 0 unspecified atom stereocenters. The van der Waals surface area contributed by atoms with Crippen LogP contribution in [0.2, 0.25) is 5.02 Å². The molecule has 156 valence electrons. The van der Waals surface area contributed by atoms with E-state index in [1.54, 1.807) is 18.2 Å². The largest absolute Gasteiger partial charge is 0.495 e. The maximum Gasteiger partial charge on any atom is 0.272 e. The van der Waals surface area contributed by atoms with Crippen LogP contribution < -0.4 is 15.4 Å². The molecule has 2 heterocycles. The molecule has 1 aliphatic rings. The van der Waals surface area contributed by atoms with Gasteiger partial charge in [-0.1, -0.05) is 25.4 Å². The van der Waals surface area contributed by atoms with Crippen molar-refractivity contribution < 1.29 is 14.3 Å². The fraction of sp³-hybridized carbons (Fsp3) is 0.286. The Bertz CT molecular complexity index is 1140. The summed E-state index contributed by atoms with van der Waals surface area (Å²) in [5, 5.41) is 6.78. The van der Waals surface area contributed by atoms with Crippen molar-refractivity contribution >= 4 is 45.6 Å². The summed E-state index contributed by atoms with van der Waals surface area (Å²) in [5.74, 6) is 0.0422. The first-order valence-corrected chi connectivity index (χ1v) is 10.7. The summed E-state index contributed by atoms with van der Waals surface area (Å²) in [7, 11) is 1.53. The van der Waals surface area contributed by atoms with Crippen molar-refractivity contribution in [2.75, 3.05) is 17.7 Å². The summed E-state index contributed by atoms with van der Waals surface area (Å²) in [6, 6.07) is 6.88. The molecular formula is C21H21ClN4O3S. The van der Waals surface area contributed by atoms with Crippen LogP contribution in [-0.2, 0) is 17.6 Å². The number of thiazole rings is 1. The van der Waals surface area contributed by atoms with Crippen molar-refractivity contribution in [3.63, 3.8) is 0 Å². The lowest BCUT2D eigenvalue weighted by Gasteiger charge is -2.10. The molecule has 2 amide bonds. The standard InChI is InChI=1S/C21H21ClN4O3S/c1-10(2)19(27)26-21-25-18-16(30-21)7-4-11-8-14(23-17(11)18)20(28)24-13-9-12(22)5-6-15(13)29-3/h5-6,8-10,23H,4,7H2,1-3H3,(H,24,28)(H,25,26,27). The lowest BCUT2D eigenvalue weighted by atomic mass is 10.0. The van der Waals surface area contributed by atoms with Crippen LogP contribution in [0, 0.1) is 5.92 Å². The second-order valence-corrected chi connectivity index (χ2v) is 8.84. The molecule has 7 nitrogen and oxygen atoms in total. The minimum atomic E-state index is -0.296. The number of carbonyl (C=O) groups excluding carboxylic acids is 2. The van der Waals surface area contributed by atoms with Gasteiger partial charge in [0.15, 0.2) is 5.13 Å². The highest BCUT2D eigenvalue weighted by Gasteiger charge is 2.25. The predicted molar refractivity (Wildman–Crippen MR) is 119 cm³/mol. The van der Waals surface area contributed by atoms with E-state index in [9.17, 15) is 9.59 Å². The highest BCUT2D eigenvalue weighted by atomic mass is 35.5. The van der Waals surface area contributed by atoms with E-state index in [4.69, 9.17) is 16.3 Å². The lowest BCUT2D eigenvalue weighted by molar-refractivity contribution is -0.118. The number of hydrogen-bond acceptors (Lipinski definition) is 5. The number of rotatable bonds is 5. The van der Waals surface area contributed by atoms with Crippen molar-refractivity contribution in [2.45, 2.75) is 26.7 Å². The monoisotopic (exact) mass is 444 g/mol. The minimum Gasteiger partial charge on any atom is -0.495 e. The highest BCUT2D eigenvalue weighted by Crippen LogP contribution is 2.38. The zero-order valence-electron chi connectivity index (χ0n) is 16.8. The number of amides is 2. The first-order valence-electron chi connectivity index (χ1n) is 9.53. The third-order valence-corrected chi connectivity index (χ3v) is 6.13. The van der Waals surface area contributed by atoms with Gasteiger partial charge >= 0.3 is 0 Å². The number of H-pyrrole nitrogens is 1. The predicted octanol–water partition coefficient (Wildman–Crippen LogP) is 4.75. The van der Waals surface area contributed by atoms with E-state index in [2.05, 4.69) is 20.6 Å². The van der Waals surface area contributed by atoms with E-state index in [1.807, 2.05) is 19.9 Å². The molecule has 0 saturated carbocycles. The summed E-state index contributed by atoms with van der Waals surface area (Å²) < 4.78 is 5.29. The molecule has 0 atom stereocenters. The number of anilines is 2. The molecule has 0 fully saturated rings. The van der Waals surface area contributed by atoms with Crippen LogP contribution in [-0.4, -0.2) is 28.9 Å². The van der Waals surface area contributed by atoms with Crippen LogP contribution in [0.5, 0.6) is 5.75 Å². The molecule has 4 rings (SSSR count). The molecule has 30 heavy (non-hydrogen) atoms. The number of methoxy groups -OCH3 is 1. The Kier molecular flexibility index (Phi) is 5.53. The van der Waals surface area contributed by atoms with Gasteiger partial charge in [0.25, 0.3) is 5.91 Å². The number of aryl methyl sites for hydroxylation is 2. The Morgan fingerprint density at radius 3 is 2.77 bits per heavy atom. The van der Waals surface area contributed by atoms with Crippen LogP contribution >= 0.6 is 22.9 Å². The Morgan fingerprint density at radius 2 is 2.03 bits per heavy atom. The molecule has 0 spiro atoms. The molecule has 3 aromatic rings. The molecular weight excluding hydrogens is 424 g/mol. The zero-order valence-corrected chi connectivity index (χ0v) is 18.3. The molecule has 1 aliphatic carbocycles. The summed E-state index contributed by atoms with van der Waals surface area (Å²) in [5.41, 5.74) is 3.56. The summed E-state index contributed by atoms with van der Waals surface area (Å²) >= 11 is 7.52. The normalized spacial score (nSPS) is 12.3. The Labute approximate surface area is 182 Å². The van der Waals surface area contributed by atoms with Gasteiger partial charge in [0, 0.05) is 15.8 Å². The van der Waals surface area contributed by atoms with Crippen molar-refractivity contribution in [3.8, 4) is 17.1 Å². The van der Waals surface area contributed by atoms with Gasteiger partial charge in [0.2, 0.25) is 5.91 Å². The van der Waals surface area contributed by atoms with Crippen LogP contribution in [0.3, 0.4) is 0 Å². The van der Waals surface area contributed by atoms with Gasteiger partial charge in [-0.05, 0) is 42.7 Å². The van der Waals surface area contributed by atoms with Crippen LogP contribution in [0.1, 0.15) is 34.8 Å². The average Bonchev–Trinajstić information content (AvgIpc) is 3.31. The lowest BCUT2D eigenvalue weighted by Crippen LogP contribution is -2.17. The third kappa shape index (κ3) is 3.93. The summed E-state index contributed by atoms with van der Waals surface area (Å²) in [4.78, 5) is 33.7. The number of aromatic nitrogens is 2. The van der Waals surface area contributed by atoms with Crippen LogP contribution in [0.15, 0.2) is 24.3 Å². The number of nitrogens with zero attached hydrogens (tertiary/aromatic N) is 1. The highest BCUT2D eigenvalue weighted by molar-refractivity contribution is 7.16. The fourth-order valence-electron chi connectivity index (χ4n) is 3.26. The molecule has 0 saturated heterocycles. The smallest absolute Gasteiger partial charge is 0.272 e. The minimum absolute atomic E-state index is 0.0663. The van der Waals surface area contributed by atoms with Crippen LogP contribution in [0.25, 0.3) is 11.4 Å². The number of aromatic amines is 1. The van der Waals surface area contributed by atoms with Crippen molar-refractivity contribution in [1.29, 1.82) is 0 Å². The van der Waals surface area contributed by atoms with Crippen molar-refractivity contribution in [1.82, 2.24) is 9.97 Å². The molecule has 0 bridgehead atoms. The number of halogens is 1. The Hall–Kier alpha value is -2.84. The van der Waals surface area contributed by atoms with Gasteiger partial charge in [0.05, 0.1) is 18.5 Å². The van der Waals surface area contributed by atoms with Crippen molar-refractivity contribution in [3.05, 3.63) is 45.4 Å². The number of hydrogen-bond donors (Lipinski definition) is 3. The van der Waals surface area contributed by atoms with Crippen LogP contribution in [0.4, 0.5) is 10.8 Å². The molecule has 0 aliphatic heterocycles. The van der Waals surface area contributed by atoms with E-state index < -0.39 is 0 Å². The van der Waals surface area contributed by atoms with Gasteiger partial charge in [-0.2, -0.15) is 0 Å². The molecule has 9 heteroatoms. The first-order chi connectivity index (χ1) is 14.4. The Morgan fingerprint density at radius 1 is 1.23 bits per heavy atom. The van der Waals surface area contributed by atoms with E-state index in [1.165, 1.54) is 18.4 Å². The van der Waals surface area contributed by atoms with Gasteiger partial charge in [-0.25, -0.2) is 4.98 Å². The SMILES string of the molecule is COc1ccc(Cl)cc1NC(=O)c1cc2c([nH]1)-c1nc(NC(=O)C(C)C)sc1CC2. The molecule has 0 radical (unpaired) electrons. The Balaban J connectivity index is 1.59. The van der Waals surface area contributed by atoms with Crippen molar-refractivity contribution in [2.24, 2.45) is 5.92 Å². The molecule has 3 N–H and O–H groups in total. The molecule has 2 aromatic heterocycles. The first kappa shape index (κ1) is 20.4. The van der Waals surface area contributed by atoms with Gasteiger partial charge in [-0.3, -0.25) is 9.59 Å². The van der Waals surface area contributed by atoms with Gasteiger partial charge in [0.1, 0.15) is 17.1 Å². The number of nitrogens with one attached hydrogen (secondary N) is 3. The summed E-state index contributed by atoms with van der Waals surface area (Å²) in [6.45, 7) is 3.68. The second kappa shape index (κ2) is 8.12. The molecule has 1 aromatic carbocycles. The maximum atomic E-state index is 12.8. The number of ether oxygens (including phenoxy) is 1. The fourth-order valence-corrected chi connectivity index (χ4v) is 4.41. The average molecular weight is 445 g/mol. The zero-order chi connectivity index (χ0) is 21.4. The van der Waals surface area contributed by atoms with E-state index in [-0.39, 0.29) is 17.7 Å². The quantitative estimate of drug-likeness (QED) is 0.529. The number of fused-ring (bicyclic) bond motifs is 3. The van der Waals surface area contributed by atoms with Gasteiger partial charge < -0.3 is 20.4 Å².